The lowest BCUT2D eigenvalue weighted by Gasteiger charge is -2.43. The van der Waals surface area contributed by atoms with E-state index in [9.17, 15) is 13.9 Å². The maximum absolute atomic E-state index is 13.3. The summed E-state index contributed by atoms with van der Waals surface area (Å²) >= 11 is 0. The molecule has 106 valence electrons. The lowest BCUT2D eigenvalue weighted by molar-refractivity contribution is -0.0134. The van der Waals surface area contributed by atoms with Gasteiger partial charge in [0.1, 0.15) is 11.6 Å². The average molecular weight is 269 g/mol. The number of aliphatic hydroxyl groups is 1. The van der Waals surface area contributed by atoms with Crippen LogP contribution in [0.1, 0.15) is 44.3 Å². The maximum Gasteiger partial charge on any atom is 0.126 e. The van der Waals surface area contributed by atoms with E-state index in [4.69, 9.17) is 5.73 Å². The van der Waals surface area contributed by atoms with E-state index in [0.717, 1.165) is 31.7 Å². The van der Waals surface area contributed by atoms with Gasteiger partial charge in [0.2, 0.25) is 0 Å². The van der Waals surface area contributed by atoms with Crippen molar-refractivity contribution in [3.63, 3.8) is 0 Å². The first-order valence-corrected chi connectivity index (χ1v) is 6.81. The van der Waals surface area contributed by atoms with Gasteiger partial charge in [-0.15, -0.1) is 0 Å². The minimum atomic E-state index is -0.912. The van der Waals surface area contributed by atoms with Gasteiger partial charge in [0.15, 0.2) is 0 Å². The monoisotopic (exact) mass is 269 g/mol. The highest BCUT2D eigenvalue weighted by molar-refractivity contribution is 5.22. The standard InChI is InChI=1S/C15H21F2NO/c1-10-3-2-4-15(8-10,9-18)14(19)11-5-12(16)7-13(17)6-11/h5-7,10,14,19H,2-4,8-9,18H2,1H3. The van der Waals surface area contributed by atoms with Crippen LogP contribution in [0.25, 0.3) is 0 Å². The molecule has 1 saturated carbocycles. The van der Waals surface area contributed by atoms with Crippen LogP contribution in [0, 0.1) is 23.0 Å². The molecule has 0 heterocycles. The van der Waals surface area contributed by atoms with Gasteiger partial charge in [0, 0.05) is 18.0 Å². The van der Waals surface area contributed by atoms with Gasteiger partial charge in [0.25, 0.3) is 0 Å². The molecule has 3 atom stereocenters. The van der Waals surface area contributed by atoms with Gasteiger partial charge in [-0.25, -0.2) is 8.78 Å². The molecule has 2 nitrogen and oxygen atoms in total. The molecule has 3 unspecified atom stereocenters. The predicted octanol–water partition coefficient (Wildman–Crippen LogP) is 3.15. The van der Waals surface area contributed by atoms with Gasteiger partial charge in [-0.05, 0) is 36.5 Å². The Labute approximate surface area is 112 Å². The Kier molecular flexibility index (Phi) is 4.21. The highest BCUT2D eigenvalue weighted by Crippen LogP contribution is 2.47. The molecule has 1 aliphatic rings. The van der Waals surface area contributed by atoms with E-state index in [2.05, 4.69) is 6.92 Å². The second-order valence-corrected chi connectivity index (χ2v) is 5.87. The number of nitrogens with two attached hydrogens (primary N) is 1. The summed E-state index contributed by atoms with van der Waals surface area (Å²) in [7, 11) is 0. The van der Waals surface area contributed by atoms with Crippen molar-refractivity contribution in [2.45, 2.75) is 38.7 Å². The molecule has 19 heavy (non-hydrogen) atoms. The zero-order chi connectivity index (χ0) is 14.0. The Morgan fingerprint density at radius 1 is 1.37 bits per heavy atom. The van der Waals surface area contributed by atoms with Crippen LogP contribution in [0.15, 0.2) is 18.2 Å². The summed E-state index contributed by atoms with van der Waals surface area (Å²) in [5.41, 5.74) is 5.70. The topological polar surface area (TPSA) is 46.2 Å². The summed E-state index contributed by atoms with van der Waals surface area (Å²) in [5.74, 6) is -0.847. The van der Waals surface area contributed by atoms with E-state index in [-0.39, 0.29) is 5.56 Å². The molecule has 0 aliphatic heterocycles. The number of benzene rings is 1. The van der Waals surface area contributed by atoms with Crippen LogP contribution in [0.4, 0.5) is 8.78 Å². The summed E-state index contributed by atoms with van der Waals surface area (Å²) in [4.78, 5) is 0. The van der Waals surface area contributed by atoms with Crippen molar-refractivity contribution in [2.24, 2.45) is 17.1 Å². The highest BCUT2D eigenvalue weighted by Gasteiger charge is 2.41. The van der Waals surface area contributed by atoms with E-state index in [1.165, 1.54) is 12.1 Å². The van der Waals surface area contributed by atoms with Gasteiger partial charge >= 0.3 is 0 Å². The van der Waals surface area contributed by atoms with E-state index >= 15 is 0 Å². The van der Waals surface area contributed by atoms with Crippen LogP contribution < -0.4 is 5.73 Å². The van der Waals surface area contributed by atoms with Crippen molar-refractivity contribution in [3.05, 3.63) is 35.4 Å². The Bertz CT molecular complexity index is 432. The summed E-state index contributed by atoms with van der Waals surface area (Å²) in [6.45, 7) is 2.46. The zero-order valence-corrected chi connectivity index (χ0v) is 11.2. The third-order valence-corrected chi connectivity index (χ3v) is 4.31. The van der Waals surface area contributed by atoms with E-state index in [1.54, 1.807) is 0 Å². The molecule has 1 aromatic rings. The first kappa shape index (κ1) is 14.4. The molecule has 0 radical (unpaired) electrons. The first-order valence-electron chi connectivity index (χ1n) is 6.81. The lowest BCUT2D eigenvalue weighted by atomic mass is 9.65. The highest BCUT2D eigenvalue weighted by atomic mass is 19.1. The van der Waals surface area contributed by atoms with Crippen molar-refractivity contribution >= 4 is 0 Å². The Hall–Kier alpha value is -1.00. The third-order valence-electron chi connectivity index (χ3n) is 4.31. The summed E-state index contributed by atoms with van der Waals surface area (Å²) in [6, 6.07) is 3.21. The van der Waals surface area contributed by atoms with Crippen LogP contribution in [0.2, 0.25) is 0 Å². The number of aliphatic hydroxyl groups excluding tert-OH is 1. The van der Waals surface area contributed by atoms with Gasteiger partial charge in [-0.3, -0.25) is 0 Å². The normalized spacial score (nSPS) is 29.2. The minimum Gasteiger partial charge on any atom is -0.388 e. The van der Waals surface area contributed by atoms with E-state index in [0.29, 0.717) is 12.5 Å². The van der Waals surface area contributed by atoms with E-state index < -0.39 is 23.2 Å². The van der Waals surface area contributed by atoms with Crippen molar-refractivity contribution < 1.29 is 13.9 Å². The molecule has 4 heteroatoms. The first-order chi connectivity index (χ1) is 8.97. The Morgan fingerprint density at radius 2 is 2.00 bits per heavy atom. The molecule has 0 saturated heterocycles. The van der Waals surface area contributed by atoms with Gasteiger partial charge < -0.3 is 10.8 Å². The smallest absolute Gasteiger partial charge is 0.126 e. The molecule has 2 rings (SSSR count). The second kappa shape index (κ2) is 5.55. The molecular formula is C15H21F2NO. The molecule has 3 N–H and O–H groups in total. The summed E-state index contributed by atoms with van der Waals surface area (Å²) in [6.07, 6.45) is 2.79. The number of halogens is 2. The maximum atomic E-state index is 13.3. The molecule has 1 aliphatic carbocycles. The summed E-state index contributed by atoms with van der Waals surface area (Å²) < 4.78 is 26.6. The molecule has 1 fully saturated rings. The average Bonchev–Trinajstić information content (AvgIpc) is 2.36. The number of hydrogen-bond acceptors (Lipinski definition) is 2. The number of rotatable bonds is 3. The fraction of sp³-hybridized carbons (Fsp3) is 0.600. The van der Waals surface area contributed by atoms with Crippen LogP contribution in [0.3, 0.4) is 0 Å². The van der Waals surface area contributed by atoms with Gasteiger partial charge in [-0.2, -0.15) is 0 Å². The van der Waals surface area contributed by atoms with Crippen LogP contribution in [0.5, 0.6) is 0 Å². The van der Waals surface area contributed by atoms with Crippen molar-refractivity contribution in [2.75, 3.05) is 6.54 Å². The summed E-state index contributed by atoms with van der Waals surface area (Å²) in [5, 5.41) is 10.5. The van der Waals surface area contributed by atoms with Crippen LogP contribution in [-0.2, 0) is 0 Å². The molecule has 0 aromatic heterocycles. The number of hydrogen-bond donors (Lipinski definition) is 2. The second-order valence-electron chi connectivity index (χ2n) is 5.87. The minimum absolute atomic E-state index is 0.289. The Morgan fingerprint density at radius 3 is 2.53 bits per heavy atom. The fourth-order valence-corrected chi connectivity index (χ4v) is 3.33. The van der Waals surface area contributed by atoms with E-state index in [1.807, 2.05) is 0 Å². The molecule has 0 amide bonds. The largest absolute Gasteiger partial charge is 0.388 e. The molecule has 1 aromatic carbocycles. The fourth-order valence-electron chi connectivity index (χ4n) is 3.33. The van der Waals surface area contributed by atoms with Crippen LogP contribution in [-0.4, -0.2) is 11.7 Å². The lowest BCUT2D eigenvalue weighted by Crippen LogP contribution is -2.40. The third kappa shape index (κ3) is 2.95. The zero-order valence-electron chi connectivity index (χ0n) is 11.2. The van der Waals surface area contributed by atoms with Gasteiger partial charge in [0.05, 0.1) is 6.10 Å². The molecule has 0 spiro atoms. The Balaban J connectivity index is 2.31. The van der Waals surface area contributed by atoms with Crippen molar-refractivity contribution in [1.29, 1.82) is 0 Å². The quantitative estimate of drug-likeness (QED) is 0.885. The predicted molar refractivity (Wildman–Crippen MR) is 70.4 cm³/mol. The molecule has 0 bridgehead atoms. The van der Waals surface area contributed by atoms with Crippen molar-refractivity contribution in [3.8, 4) is 0 Å². The molecular weight excluding hydrogens is 248 g/mol. The van der Waals surface area contributed by atoms with Crippen molar-refractivity contribution in [1.82, 2.24) is 0 Å². The van der Waals surface area contributed by atoms with Gasteiger partial charge in [-0.1, -0.05) is 19.8 Å². The SMILES string of the molecule is CC1CCCC(CN)(C(O)c2cc(F)cc(F)c2)C1. The van der Waals surface area contributed by atoms with Crippen LogP contribution >= 0.6 is 0 Å².